The Bertz CT molecular complexity index is 558. The molecular formula is C18H34ClN3O8. The van der Waals surface area contributed by atoms with Crippen molar-refractivity contribution in [2.45, 2.75) is 82.9 Å². The van der Waals surface area contributed by atoms with E-state index in [-0.39, 0.29) is 31.3 Å². The van der Waals surface area contributed by atoms with Gasteiger partial charge in [-0.1, -0.05) is 27.2 Å². The molecule has 0 radical (unpaired) electrons. The fraction of sp³-hybridized carbons (Fsp3) is 0.944. The third kappa shape index (κ3) is 6.46. The molecule has 176 valence electrons. The standard InChI is InChI=1S/C18H34ClN3O8/c1-4-5-7-18(28)15(25)13(24)12(23)14(30-18)16(26)21(9-6-11(2)3)17(27)22(20-29)10-8-19/h11-16,23-26,28H,4-10H2,1-3H3/t12-,13-,14-,15+,16?,18-/m0/s1. The van der Waals surface area contributed by atoms with Gasteiger partial charge in [0.1, 0.15) is 24.4 Å². The van der Waals surface area contributed by atoms with E-state index in [1.54, 1.807) is 0 Å². The molecule has 11 nitrogen and oxygen atoms in total. The number of aliphatic hydroxyl groups excluding tert-OH is 4. The third-order valence-corrected chi connectivity index (χ3v) is 5.29. The maximum atomic E-state index is 12.8. The minimum Gasteiger partial charge on any atom is -0.387 e. The normalized spacial score (nSPS) is 30.2. The van der Waals surface area contributed by atoms with E-state index in [1.807, 2.05) is 20.8 Å². The van der Waals surface area contributed by atoms with Crippen molar-refractivity contribution in [2.24, 2.45) is 11.2 Å². The van der Waals surface area contributed by atoms with Crippen molar-refractivity contribution < 1.29 is 35.1 Å². The van der Waals surface area contributed by atoms with Crippen molar-refractivity contribution in [3.05, 3.63) is 4.91 Å². The van der Waals surface area contributed by atoms with Gasteiger partial charge in [0.05, 0.1) is 11.8 Å². The highest BCUT2D eigenvalue weighted by Gasteiger charge is 2.55. The quantitative estimate of drug-likeness (QED) is 0.129. The maximum absolute atomic E-state index is 12.8. The van der Waals surface area contributed by atoms with Crippen LogP contribution in [0.25, 0.3) is 0 Å². The van der Waals surface area contributed by atoms with E-state index in [0.29, 0.717) is 24.3 Å². The second kappa shape index (κ2) is 12.1. The van der Waals surface area contributed by atoms with Crippen LogP contribution in [0, 0.1) is 10.8 Å². The second-order valence-corrected chi connectivity index (χ2v) is 8.30. The van der Waals surface area contributed by atoms with Crippen molar-refractivity contribution in [1.82, 2.24) is 9.91 Å². The number of urea groups is 1. The molecule has 1 aliphatic heterocycles. The van der Waals surface area contributed by atoms with Crippen LogP contribution in [-0.4, -0.2) is 96.9 Å². The molecule has 0 spiro atoms. The number of alkyl halides is 1. The first-order valence-corrected chi connectivity index (χ1v) is 10.7. The van der Waals surface area contributed by atoms with E-state index in [4.69, 9.17) is 16.3 Å². The van der Waals surface area contributed by atoms with Crippen LogP contribution in [0.4, 0.5) is 4.79 Å². The lowest BCUT2D eigenvalue weighted by Gasteiger charge is -2.48. The van der Waals surface area contributed by atoms with E-state index in [1.165, 1.54) is 0 Å². The molecule has 6 atom stereocenters. The zero-order chi connectivity index (χ0) is 23.1. The Kier molecular flexibility index (Phi) is 10.9. The fourth-order valence-corrected chi connectivity index (χ4v) is 3.37. The Morgan fingerprint density at radius 1 is 1.23 bits per heavy atom. The van der Waals surface area contributed by atoms with Crippen molar-refractivity contribution >= 4 is 17.6 Å². The molecule has 12 heteroatoms. The summed E-state index contributed by atoms with van der Waals surface area (Å²) in [6.07, 6.45) is -7.48. The lowest BCUT2D eigenvalue weighted by Crippen LogP contribution is -2.69. The van der Waals surface area contributed by atoms with Crippen LogP contribution >= 0.6 is 11.6 Å². The molecule has 0 aromatic heterocycles. The predicted octanol–water partition coefficient (Wildman–Crippen LogP) is 0.355. The average molecular weight is 456 g/mol. The highest BCUT2D eigenvalue weighted by molar-refractivity contribution is 6.18. The first-order chi connectivity index (χ1) is 14.0. The number of carbonyl (C=O) groups excluding carboxylic acids is 1. The first-order valence-electron chi connectivity index (χ1n) is 10.1. The highest BCUT2D eigenvalue weighted by atomic mass is 35.5. The van der Waals surface area contributed by atoms with Gasteiger partial charge in [-0.2, -0.15) is 5.01 Å². The number of amides is 2. The monoisotopic (exact) mass is 455 g/mol. The van der Waals surface area contributed by atoms with Gasteiger partial charge in [0.2, 0.25) is 0 Å². The smallest absolute Gasteiger partial charge is 0.345 e. The van der Waals surface area contributed by atoms with Crippen LogP contribution in [0.15, 0.2) is 5.29 Å². The number of nitrogens with zero attached hydrogens (tertiary/aromatic N) is 3. The van der Waals surface area contributed by atoms with Gasteiger partial charge in [-0.3, -0.25) is 4.90 Å². The average Bonchev–Trinajstić information content (AvgIpc) is 2.71. The molecule has 5 N–H and O–H groups in total. The Labute approximate surface area is 181 Å². The Balaban J connectivity index is 3.19. The lowest BCUT2D eigenvalue weighted by molar-refractivity contribution is -0.365. The summed E-state index contributed by atoms with van der Waals surface area (Å²) in [5, 5.41) is 55.5. The number of halogens is 1. The third-order valence-electron chi connectivity index (χ3n) is 5.12. The van der Waals surface area contributed by atoms with Crippen molar-refractivity contribution in [3.8, 4) is 0 Å². The topological polar surface area (TPSA) is 163 Å². The van der Waals surface area contributed by atoms with Crippen LogP contribution in [0.1, 0.15) is 46.5 Å². The molecular weight excluding hydrogens is 422 g/mol. The summed E-state index contributed by atoms with van der Waals surface area (Å²) in [6, 6.07) is -0.965. The Morgan fingerprint density at radius 3 is 2.37 bits per heavy atom. The zero-order valence-corrected chi connectivity index (χ0v) is 18.4. The Hall–Kier alpha value is -1.08. The number of ether oxygens (including phenoxy) is 1. The number of nitroso groups, excluding NO2 is 1. The lowest BCUT2D eigenvalue weighted by atomic mass is 9.88. The number of rotatable bonds is 11. The summed E-state index contributed by atoms with van der Waals surface area (Å²) in [7, 11) is 0. The minimum atomic E-state index is -2.23. The number of carbonyl (C=O) groups is 1. The number of hydrogen-bond acceptors (Lipinski definition) is 9. The largest absolute Gasteiger partial charge is 0.387 e. The van der Waals surface area contributed by atoms with E-state index in [0.717, 1.165) is 4.90 Å². The van der Waals surface area contributed by atoms with E-state index in [9.17, 15) is 35.2 Å². The number of aliphatic hydroxyl groups is 5. The maximum Gasteiger partial charge on any atom is 0.345 e. The van der Waals surface area contributed by atoms with Gasteiger partial charge < -0.3 is 30.3 Å². The summed E-state index contributed by atoms with van der Waals surface area (Å²) in [5.74, 6) is -2.17. The molecule has 0 aromatic rings. The molecule has 30 heavy (non-hydrogen) atoms. The summed E-state index contributed by atoms with van der Waals surface area (Å²) < 4.78 is 5.44. The molecule has 0 bridgehead atoms. The van der Waals surface area contributed by atoms with E-state index >= 15 is 0 Å². The van der Waals surface area contributed by atoms with Crippen LogP contribution < -0.4 is 0 Å². The fourth-order valence-electron chi connectivity index (χ4n) is 3.21. The van der Waals surface area contributed by atoms with Gasteiger partial charge in [0.25, 0.3) is 0 Å². The molecule has 0 aromatic carbocycles. The van der Waals surface area contributed by atoms with E-state index < -0.39 is 42.5 Å². The molecule has 1 saturated heterocycles. The van der Waals surface area contributed by atoms with Crippen molar-refractivity contribution in [1.29, 1.82) is 0 Å². The second-order valence-electron chi connectivity index (χ2n) is 7.92. The highest BCUT2D eigenvalue weighted by Crippen LogP contribution is 2.34. The summed E-state index contributed by atoms with van der Waals surface area (Å²) in [5.41, 5.74) is 0. The van der Waals surface area contributed by atoms with Crippen LogP contribution in [-0.2, 0) is 4.74 Å². The molecule has 1 aliphatic rings. The van der Waals surface area contributed by atoms with Gasteiger partial charge in [-0.25, -0.2) is 4.79 Å². The molecule has 1 fully saturated rings. The van der Waals surface area contributed by atoms with E-state index in [2.05, 4.69) is 5.29 Å². The van der Waals surface area contributed by atoms with Gasteiger partial charge in [0.15, 0.2) is 12.0 Å². The molecule has 0 aliphatic carbocycles. The zero-order valence-electron chi connectivity index (χ0n) is 17.6. The molecule has 2 amide bonds. The Morgan fingerprint density at radius 2 is 1.87 bits per heavy atom. The molecule has 0 saturated carbocycles. The van der Waals surface area contributed by atoms with Gasteiger partial charge in [-0.05, 0) is 18.8 Å². The molecule has 1 rings (SSSR count). The van der Waals surface area contributed by atoms with Crippen molar-refractivity contribution in [2.75, 3.05) is 19.0 Å². The summed E-state index contributed by atoms with van der Waals surface area (Å²) >= 11 is 5.59. The van der Waals surface area contributed by atoms with Crippen molar-refractivity contribution in [3.63, 3.8) is 0 Å². The minimum absolute atomic E-state index is 0.0232. The first kappa shape index (κ1) is 27.0. The van der Waals surface area contributed by atoms with Gasteiger partial charge in [0, 0.05) is 18.8 Å². The summed E-state index contributed by atoms with van der Waals surface area (Å²) in [4.78, 5) is 24.7. The van der Waals surface area contributed by atoms with Gasteiger partial charge in [-0.15, -0.1) is 16.5 Å². The van der Waals surface area contributed by atoms with Crippen LogP contribution in [0.5, 0.6) is 0 Å². The number of unbranched alkanes of at least 4 members (excludes halogenated alkanes) is 1. The SMILES string of the molecule is CCCC[C@]1(O)O[C@H](C(O)N(CCC(C)C)C(=O)N(CCCl)N=O)[C@@H](O)[C@H](O)[C@H]1O. The molecule has 1 heterocycles. The van der Waals surface area contributed by atoms with Crippen LogP contribution in [0.3, 0.4) is 0 Å². The predicted molar refractivity (Wildman–Crippen MR) is 108 cm³/mol. The summed E-state index contributed by atoms with van der Waals surface area (Å²) in [6.45, 7) is 5.40. The number of hydrogen-bond donors (Lipinski definition) is 5. The molecule has 1 unspecified atom stereocenters. The van der Waals surface area contributed by atoms with Crippen LogP contribution in [0.2, 0.25) is 0 Å². The van der Waals surface area contributed by atoms with Gasteiger partial charge >= 0.3 is 6.03 Å².